The van der Waals surface area contributed by atoms with Crippen molar-refractivity contribution in [1.29, 1.82) is 0 Å². The highest BCUT2D eigenvalue weighted by Gasteiger charge is 2.39. The van der Waals surface area contributed by atoms with Gasteiger partial charge in [-0.2, -0.15) is 0 Å². The van der Waals surface area contributed by atoms with E-state index in [0.29, 0.717) is 11.8 Å². The predicted molar refractivity (Wildman–Crippen MR) is 184 cm³/mol. The van der Waals surface area contributed by atoms with Crippen LogP contribution < -0.4 is 0 Å². The van der Waals surface area contributed by atoms with Crippen molar-refractivity contribution in [3.8, 4) is 0 Å². The molecule has 1 fully saturated rings. The number of aliphatic hydroxyl groups excluding tert-OH is 2. The Bertz CT molecular complexity index is 1170. The lowest BCUT2D eigenvalue weighted by Gasteiger charge is -2.45. The molecule has 0 amide bonds. The van der Waals surface area contributed by atoms with Gasteiger partial charge in [0.05, 0.1) is 12.2 Å². The lowest BCUT2D eigenvalue weighted by molar-refractivity contribution is -0.0150. The molecule has 2 aliphatic carbocycles. The molecule has 0 radical (unpaired) electrons. The van der Waals surface area contributed by atoms with E-state index in [-0.39, 0.29) is 23.0 Å². The van der Waals surface area contributed by atoms with E-state index in [1.54, 1.807) is 0 Å². The van der Waals surface area contributed by atoms with E-state index in [4.69, 9.17) is 0 Å². The molecule has 2 heteroatoms. The first-order valence-corrected chi connectivity index (χ1v) is 16.1. The normalized spacial score (nSPS) is 28.3. The van der Waals surface area contributed by atoms with E-state index >= 15 is 0 Å². The molecule has 0 aromatic carbocycles. The van der Waals surface area contributed by atoms with Crippen molar-refractivity contribution in [3.05, 3.63) is 106 Å². The van der Waals surface area contributed by atoms with Crippen LogP contribution in [0.15, 0.2) is 106 Å². The zero-order valence-electron chi connectivity index (χ0n) is 28.4. The summed E-state index contributed by atoms with van der Waals surface area (Å²) in [6, 6.07) is 0. The van der Waals surface area contributed by atoms with Crippen molar-refractivity contribution in [2.75, 3.05) is 0 Å². The lowest BCUT2D eigenvalue weighted by Crippen LogP contribution is -2.39. The van der Waals surface area contributed by atoms with Crippen molar-refractivity contribution < 1.29 is 10.2 Å². The van der Waals surface area contributed by atoms with Crippen molar-refractivity contribution in [3.63, 3.8) is 0 Å². The van der Waals surface area contributed by atoms with Crippen molar-refractivity contribution >= 4 is 0 Å². The summed E-state index contributed by atoms with van der Waals surface area (Å²) in [4.78, 5) is 0. The van der Waals surface area contributed by atoms with Gasteiger partial charge in [-0.3, -0.25) is 0 Å². The van der Waals surface area contributed by atoms with E-state index in [1.807, 2.05) is 0 Å². The highest BCUT2D eigenvalue weighted by Crippen LogP contribution is 2.46. The number of aliphatic hydroxyl groups is 2. The maximum Gasteiger partial charge on any atom is 0.0585 e. The lowest BCUT2D eigenvalue weighted by atomic mass is 9.61. The van der Waals surface area contributed by atoms with Crippen molar-refractivity contribution in [2.45, 2.75) is 120 Å². The quantitative estimate of drug-likeness (QED) is 0.242. The maximum atomic E-state index is 10.2. The van der Waals surface area contributed by atoms with Crippen molar-refractivity contribution in [2.24, 2.45) is 22.7 Å². The zero-order valence-corrected chi connectivity index (χ0v) is 28.4. The van der Waals surface area contributed by atoms with Crippen LogP contribution in [0.3, 0.4) is 0 Å². The molecule has 2 aliphatic rings. The summed E-state index contributed by atoms with van der Waals surface area (Å²) in [5.41, 5.74) is 7.91. The minimum atomic E-state index is -0.223. The van der Waals surface area contributed by atoms with Crippen LogP contribution in [0.5, 0.6) is 0 Å². The predicted octanol–water partition coefficient (Wildman–Crippen LogP) is 10.7. The second kappa shape index (κ2) is 16.4. The van der Waals surface area contributed by atoms with Crippen LogP contribution in [0, 0.1) is 22.7 Å². The third kappa shape index (κ3) is 12.1. The second-order valence-corrected chi connectivity index (χ2v) is 14.5. The summed E-state index contributed by atoms with van der Waals surface area (Å²) >= 11 is 0. The van der Waals surface area contributed by atoms with Gasteiger partial charge in [-0.15, -0.1) is 0 Å². The van der Waals surface area contributed by atoms with Crippen LogP contribution >= 0.6 is 0 Å². The number of rotatable bonds is 11. The molecule has 0 aromatic heterocycles. The molecule has 0 unspecified atom stereocenters. The average molecular weight is 573 g/mol. The molecule has 0 bridgehead atoms. The third-order valence-electron chi connectivity index (χ3n) is 9.22. The molecule has 0 heterocycles. The van der Waals surface area contributed by atoms with Gasteiger partial charge in [0.25, 0.3) is 0 Å². The van der Waals surface area contributed by atoms with Gasteiger partial charge in [0.15, 0.2) is 0 Å². The van der Waals surface area contributed by atoms with Gasteiger partial charge in [-0.1, -0.05) is 135 Å². The Balaban J connectivity index is 1.84. The Morgan fingerprint density at radius 1 is 0.762 bits per heavy atom. The largest absolute Gasteiger partial charge is 0.393 e. The Labute approximate surface area is 258 Å². The molecule has 0 aromatic rings. The van der Waals surface area contributed by atoms with Crippen LogP contribution in [0.2, 0.25) is 0 Å². The van der Waals surface area contributed by atoms with E-state index < -0.39 is 0 Å². The molecular formula is C40H60O2. The Morgan fingerprint density at radius 3 is 1.88 bits per heavy atom. The second-order valence-electron chi connectivity index (χ2n) is 14.5. The maximum absolute atomic E-state index is 10.2. The third-order valence-corrected chi connectivity index (χ3v) is 9.22. The van der Waals surface area contributed by atoms with Gasteiger partial charge in [0.2, 0.25) is 0 Å². The SMILES string of the molecule is CC1=C(/C=C/C(C)=C/C=C/C(C)=C/C=C/C=C(C)/C=C/C=C(\C)CC[C@H]2[C@H](C)C[C@H](O)CC2(C)C)C(C)(C)C[C@@H](O)C1. The molecule has 4 atom stereocenters. The van der Waals surface area contributed by atoms with Crippen molar-refractivity contribution in [1.82, 2.24) is 0 Å². The molecule has 2 rings (SSSR count). The van der Waals surface area contributed by atoms with Gasteiger partial charge in [-0.25, -0.2) is 0 Å². The monoisotopic (exact) mass is 572 g/mol. The van der Waals surface area contributed by atoms with Crippen LogP contribution in [-0.2, 0) is 0 Å². The highest BCUT2D eigenvalue weighted by molar-refractivity contribution is 5.38. The minimum Gasteiger partial charge on any atom is -0.393 e. The number of hydrogen-bond donors (Lipinski definition) is 2. The molecule has 232 valence electrons. The van der Waals surface area contributed by atoms with Gasteiger partial charge < -0.3 is 10.2 Å². The average Bonchev–Trinajstić information content (AvgIpc) is 2.84. The van der Waals surface area contributed by atoms with Crippen LogP contribution in [0.4, 0.5) is 0 Å². The van der Waals surface area contributed by atoms with E-state index in [9.17, 15) is 10.2 Å². The number of allylic oxidation sites excluding steroid dienone is 17. The summed E-state index contributed by atoms with van der Waals surface area (Å²) in [7, 11) is 0. The topological polar surface area (TPSA) is 40.5 Å². The fourth-order valence-corrected chi connectivity index (χ4v) is 7.04. The fourth-order valence-electron chi connectivity index (χ4n) is 7.04. The molecule has 1 saturated carbocycles. The molecule has 2 N–H and O–H groups in total. The van der Waals surface area contributed by atoms with Gasteiger partial charge in [0, 0.05) is 0 Å². The molecule has 0 saturated heterocycles. The van der Waals surface area contributed by atoms with Gasteiger partial charge >= 0.3 is 0 Å². The first-order valence-electron chi connectivity index (χ1n) is 16.1. The summed E-state index contributed by atoms with van der Waals surface area (Å²) in [5.74, 6) is 1.25. The van der Waals surface area contributed by atoms with Crippen LogP contribution in [0.25, 0.3) is 0 Å². The Hall–Kier alpha value is -2.42. The molecule has 2 nitrogen and oxygen atoms in total. The first-order chi connectivity index (χ1) is 19.6. The molecule has 42 heavy (non-hydrogen) atoms. The molecular weight excluding hydrogens is 512 g/mol. The van der Waals surface area contributed by atoms with E-state index in [1.165, 1.54) is 39.9 Å². The number of hydrogen-bond acceptors (Lipinski definition) is 2. The van der Waals surface area contributed by atoms with E-state index in [0.717, 1.165) is 32.1 Å². The standard InChI is InChI=1S/C40H60O2/c1-29(17-13-19-31(3)21-23-37-33(5)25-35(41)27-39(37,7)8)15-11-12-16-30(2)18-14-20-32(4)22-24-38-34(6)26-36(42)28-40(38,9)10/h11-21,23,34-36,38,41-42H,22,24-28H2,1-10H3/b12-11+,17-13+,18-14+,23-21+,29-15+,30-16+,31-19+,32-20+/t34-,35+,36+,38+/m1/s1. The minimum absolute atomic E-state index is 0.00954. The zero-order chi connectivity index (χ0) is 31.5. The first kappa shape index (κ1) is 35.8. The summed E-state index contributed by atoms with van der Waals surface area (Å²) < 4.78 is 0. The molecule has 0 aliphatic heterocycles. The summed E-state index contributed by atoms with van der Waals surface area (Å²) in [6.45, 7) is 22.2. The Morgan fingerprint density at radius 2 is 1.31 bits per heavy atom. The van der Waals surface area contributed by atoms with Gasteiger partial charge in [-0.05, 0) is 101 Å². The van der Waals surface area contributed by atoms with E-state index in [2.05, 4.69) is 142 Å². The smallest absolute Gasteiger partial charge is 0.0585 e. The Kier molecular flexibility index (Phi) is 14.0. The van der Waals surface area contributed by atoms with Crippen LogP contribution in [0.1, 0.15) is 108 Å². The highest BCUT2D eigenvalue weighted by atomic mass is 16.3. The van der Waals surface area contributed by atoms with Gasteiger partial charge in [0.1, 0.15) is 0 Å². The van der Waals surface area contributed by atoms with Crippen LogP contribution in [-0.4, -0.2) is 22.4 Å². The molecule has 0 spiro atoms. The fraction of sp³-hybridized carbons (Fsp3) is 0.550. The summed E-state index contributed by atoms with van der Waals surface area (Å²) in [6.07, 6.45) is 31.2. The summed E-state index contributed by atoms with van der Waals surface area (Å²) in [5, 5.41) is 20.3.